The topological polar surface area (TPSA) is 79.3 Å². The van der Waals surface area contributed by atoms with Gasteiger partial charge in [0.15, 0.2) is 0 Å². The fourth-order valence-corrected chi connectivity index (χ4v) is 3.08. The van der Waals surface area contributed by atoms with E-state index < -0.39 is 6.04 Å². The number of likely N-dealkylation sites (tertiary alicyclic amines) is 1. The molecule has 0 unspecified atom stereocenters. The van der Waals surface area contributed by atoms with E-state index in [9.17, 15) is 9.59 Å². The van der Waals surface area contributed by atoms with Crippen molar-refractivity contribution >= 4 is 11.9 Å². The summed E-state index contributed by atoms with van der Waals surface area (Å²) in [4.78, 5) is 30.2. The number of nitrogens with zero attached hydrogens (tertiary/aromatic N) is 3. The first-order valence-electron chi connectivity index (χ1n) is 9.05. The van der Waals surface area contributed by atoms with Gasteiger partial charge in [-0.2, -0.15) is 0 Å². The summed E-state index contributed by atoms with van der Waals surface area (Å²) in [7, 11) is 0. The van der Waals surface area contributed by atoms with Crippen molar-refractivity contribution in [3.05, 3.63) is 54.6 Å². The maximum absolute atomic E-state index is 12.4. The molecular weight excluding hydrogens is 330 g/mol. The second kappa shape index (κ2) is 9.03. The van der Waals surface area contributed by atoms with Crippen molar-refractivity contribution in [2.75, 3.05) is 13.1 Å². The van der Waals surface area contributed by atoms with E-state index in [2.05, 4.69) is 15.6 Å². The highest BCUT2D eigenvalue weighted by molar-refractivity contribution is 5.88. The average Bonchev–Trinajstić information content (AvgIpc) is 3.28. The Bertz CT molecular complexity index is 702. The van der Waals surface area contributed by atoms with E-state index in [1.165, 1.54) is 0 Å². The summed E-state index contributed by atoms with van der Waals surface area (Å²) in [5, 5.41) is 5.62. The maximum Gasteiger partial charge on any atom is 0.315 e. The maximum atomic E-state index is 12.4. The Balaban J connectivity index is 1.33. The van der Waals surface area contributed by atoms with E-state index in [-0.39, 0.29) is 11.9 Å². The van der Waals surface area contributed by atoms with E-state index in [4.69, 9.17) is 0 Å². The number of hydrogen-bond acceptors (Lipinski definition) is 3. The van der Waals surface area contributed by atoms with Crippen LogP contribution in [-0.2, 0) is 17.9 Å². The van der Waals surface area contributed by atoms with Crippen molar-refractivity contribution < 1.29 is 9.59 Å². The van der Waals surface area contributed by atoms with Crippen LogP contribution in [-0.4, -0.2) is 45.5 Å². The monoisotopic (exact) mass is 355 g/mol. The minimum Gasteiger partial charge on any atom is -0.338 e. The van der Waals surface area contributed by atoms with Crippen LogP contribution in [0.2, 0.25) is 0 Å². The molecule has 2 heterocycles. The van der Waals surface area contributed by atoms with Crippen LogP contribution in [0.3, 0.4) is 0 Å². The summed E-state index contributed by atoms with van der Waals surface area (Å²) in [6, 6.07) is 9.20. The molecular formula is C19H25N5O2. The van der Waals surface area contributed by atoms with Crippen LogP contribution in [0.5, 0.6) is 0 Å². The average molecular weight is 355 g/mol. The Morgan fingerprint density at radius 3 is 2.85 bits per heavy atom. The van der Waals surface area contributed by atoms with Gasteiger partial charge in [-0.25, -0.2) is 9.78 Å². The zero-order valence-electron chi connectivity index (χ0n) is 14.8. The molecule has 3 rings (SSSR count). The van der Waals surface area contributed by atoms with E-state index in [1.54, 1.807) is 17.4 Å². The molecule has 0 aliphatic carbocycles. The molecule has 2 N–H and O–H groups in total. The van der Waals surface area contributed by atoms with Gasteiger partial charge < -0.3 is 20.1 Å². The Kier molecular flexibility index (Phi) is 6.24. The molecule has 2 aromatic rings. The van der Waals surface area contributed by atoms with Gasteiger partial charge in [-0.3, -0.25) is 4.79 Å². The molecule has 0 spiro atoms. The fraction of sp³-hybridized carbons (Fsp3) is 0.421. The number of benzene rings is 1. The van der Waals surface area contributed by atoms with Crippen molar-refractivity contribution in [3.63, 3.8) is 0 Å². The van der Waals surface area contributed by atoms with Crippen LogP contribution >= 0.6 is 0 Å². The molecule has 1 fully saturated rings. The van der Waals surface area contributed by atoms with E-state index in [1.807, 2.05) is 41.1 Å². The highest BCUT2D eigenvalue weighted by Gasteiger charge is 2.32. The number of rotatable bonds is 8. The van der Waals surface area contributed by atoms with Crippen molar-refractivity contribution in [1.82, 2.24) is 25.1 Å². The molecule has 1 aromatic heterocycles. The first-order valence-corrected chi connectivity index (χ1v) is 9.05. The van der Waals surface area contributed by atoms with Gasteiger partial charge in [0.1, 0.15) is 6.04 Å². The lowest BCUT2D eigenvalue weighted by molar-refractivity contribution is -0.129. The van der Waals surface area contributed by atoms with Gasteiger partial charge in [-0.1, -0.05) is 30.3 Å². The molecule has 1 saturated heterocycles. The van der Waals surface area contributed by atoms with E-state index in [0.29, 0.717) is 26.1 Å². The van der Waals surface area contributed by atoms with Gasteiger partial charge in [-0.05, 0) is 24.8 Å². The first-order chi connectivity index (χ1) is 12.7. The summed E-state index contributed by atoms with van der Waals surface area (Å²) in [6.07, 6.45) is 7.96. The Labute approximate surface area is 153 Å². The lowest BCUT2D eigenvalue weighted by Gasteiger charge is -2.17. The Morgan fingerprint density at radius 1 is 1.23 bits per heavy atom. The van der Waals surface area contributed by atoms with Gasteiger partial charge in [0.25, 0.3) is 0 Å². The summed E-state index contributed by atoms with van der Waals surface area (Å²) < 4.78 is 2.01. The molecule has 1 aliphatic heterocycles. The fourth-order valence-electron chi connectivity index (χ4n) is 3.08. The molecule has 1 aliphatic rings. The largest absolute Gasteiger partial charge is 0.338 e. The van der Waals surface area contributed by atoms with Gasteiger partial charge in [0, 0.05) is 38.6 Å². The van der Waals surface area contributed by atoms with Gasteiger partial charge in [0.2, 0.25) is 5.91 Å². The number of aromatic nitrogens is 2. The quantitative estimate of drug-likeness (QED) is 0.708. The van der Waals surface area contributed by atoms with E-state index >= 15 is 0 Å². The van der Waals surface area contributed by atoms with E-state index in [0.717, 1.165) is 24.9 Å². The predicted molar refractivity (Wildman–Crippen MR) is 98.3 cm³/mol. The number of urea groups is 1. The number of unbranched alkanes of at least 4 members (excludes halogenated alkanes) is 1. The normalized spacial score (nSPS) is 16.7. The van der Waals surface area contributed by atoms with Gasteiger partial charge in [-0.15, -0.1) is 0 Å². The second-order valence-electron chi connectivity index (χ2n) is 6.49. The zero-order chi connectivity index (χ0) is 18.2. The second-order valence-corrected chi connectivity index (χ2v) is 6.49. The Morgan fingerprint density at radius 2 is 2.08 bits per heavy atom. The Hall–Kier alpha value is -2.83. The third-order valence-corrected chi connectivity index (χ3v) is 4.51. The van der Waals surface area contributed by atoms with Crippen LogP contribution in [0, 0.1) is 0 Å². The molecule has 3 amide bonds. The first kappa shape index (κ1) is 18.0. The molecule has 0 bridgehead atoms. The molecule has 7 nitrogen and oxygen atoms in total. The molecule has 1 atom stereocenters. The molecule has 0 saturated carbocycles. The smallest absolute Gasteiger partial charge is 0.315 e. The number of carbonyl (C=O) groups is 2. The van der Waals surface area contributed by atoms with Gasteiger partial charge >= 0.3 is 6.03 Å². The minimum atomic E-state index is -0.426. The lowest BCUT2D eigenvalue weighted by atomic mass is 10.2. The minimum absolute atomic E-state index is 0.0101. The van der Waals surface area contributed by atoms with Crippen LogP contribution in [0.15, 0.2) is 49.1 Å². The molecule has 7 heteroatoms. The molecule has 138 valence electrons. The summed E-state index contributed by atoms with van der Waals surface area (Å²) in [5.41, 5.74) is 1.10. The number of amides is 3. The number of imidazole rings is 1. The van der Waals surface area contributed by atoms with Crippen LogP contribution < -0.4 is 10.6 Å². The van der Waals surface area contributed by atoms with Crippen LogP contribution in [0.1, 0.15) is 24.8 Å². The standard InChI is InChI=1S/C19H25N5O2/c25-18-17(8-12-24(18)14-16-6-2-1-3-7-16)22-19(26)21-9-4-5-11-23-13-10-20-15-23/h1-3,6-7,10,13,15,17H,4-5,8-9,11-12,14H2,(H2,21,22,26)/t17-/m1/s1. The van der Waals surface area contributed by atoms with Crippen molar-refractivity contribution in [2.45, 2.75) is 38.4 Å². The van der Waals surface area contributed by atoms with Crippen molar-refractivity contribution in [3.8, 4) is 0 Å². The third kappa shape index (κ3) is 5.08. The highest BCUT2D eigenvalue weighted by Crippen LogP contribution is 2.15. The van der Waals surface area contributed by atoms with Crippen LogP contribution in [0.25, 0.3) is 0 Å². The molecule has 0 radical (unpaired) electrons. The van der Waals surface area contributed by atoms with Gasteiger partial charge in [0.05, 0.1) is 6.33 Å². The van der Waals surface area contributed by atoms with Crippen molar-refractivity contribution in [2.24, 2.45) is 0 Å². The number of nitrogens with one attached hydrogen (secondary N) is 2. The summed E-state index contributed by atoms with van der Waals surface area (Å²) in [6.45, 7) is 2.74. The predicted octanol–water partition coefficient (Wildman–Crippen LogP) is 1.76. The zero-order valence-corrected chi connectivity index (χ0v) is 14.8. The molecule has 1 aromatic carbocycles. The SMILES string of the molecule is O=C(NCCCCn1ccnc1)N[C@@H]1CCN(Cc2ccccc2)C1=O. The van der Waals surface area contributed by atoms with Crippen molar-refractivity contribution in [1.29, 1.82) is 0 Å². The van der Waals surface area contributed by atoms with Crippen LogP contribution in [0.4, 0.5) is 4.79 Å². The number of carbonyl (C=O) groups excluding carboxylic acids is 2. The lowest BCUT2D eigenvalue weighted by Crippen LogP contribution is -2.46. The number of hydrogen-bond donors (Lipinski definition) is 2. The third-order valence-electron chi connectivity index (χ3n) is 4.51. The molecule has 26 heavy (non-hydrogen) atoms. The number of aryl methyl sites for hydroxylation is 1. The summed E-state index contributed by atoms with van der Waals surface area (Å²) >= 11 is 0. The summed E-state index contributed by atoms with van der Waals surface area (Å²) in [5.74, 6) is -0.0101. The highest BCUT2D eigenvalue weighted by atomic mass is 16.2.